The van der Waals surface area contributed by atoms with E-state index >= 15 is 0 Å². The van der Waals surface area contributed by atoms with Crippen molar-refractivity contribution in [3.8, 4) is 0 Å². The molecule has 0 unspecified atom stereocenters. The number of hydrogen-bond acceptors (Lipinski definition) is 4. The molecule has 0 radical (unpaired) electrons. The maximum Gasteiger partial charge on any atom is 0.220 e. The Morgan fingerprint density at radius 3 is 2.57 bits per heavy atom. The molecule has 0 aliphatic heterocycles. The average Bonchev–Trinajstić information content (AvgIpc) is 2.91. The lowest BCUT2D eigenvalue weighted by Crippen LogP contribution is -2.27. The van der Waals surface area contributed by atoms with Crippen molar-refractivity contribution in [2.45, 2.75) is 53.5 Å². The van der Waals surface area contributed by atoms with Gasteiger partial charge in [-0.05, 0) is 40.2 Å². The zero-order valence-corrected chi connectivity index (χ0v) is 14.0. The third-order valence-electron chi connectivity index (χ3n) is 3.67. The summed E-state index contributed by atoms with van der Waals surface area (Å²) in [6.45, 7) is 10.0. The van der Waals surface area contributed by atoms with Crippen LogP contribution in [0, 0.1) is 27.7 Å². The van der Waals surface area contributed by atoms with Crippen molar-refractivity contribution < 1.29 is 4.79 Å². The molecule has 0 aliphatic carbocycles. The lowest BCUT2D eigenvalue weighted by atomic mass is 10.1. The van der Waals surface area contributed by atoms with Gasteiger partial charge in [-0.25, -0.2) is 4.98 Å². The minimum absolute atomic E-state index is 0.0348. The Bertz CT molecular complexity index is 644. The number of carbonyl (C=O) groups excluding carboxylic acids is 1. The number of thiazole rings is 1. The van der Waals surface area contributed by atoms with E-state index in [4.69, 9.17) is 0 Å². The first-order chi connectivity index (χ1) is 9.88. The fourth-order valence-electron chi connectivity index (χ4n) is 2.34. The van der Waals surface area contributed by atoms with Gasteiger partial charge in [0.2, 0.25) is 5.91 Å². The highest BCUT2D eigenvalue weighted by Crippen LogP contribution is 2.22. The minimum atomic E-state index is -0.0514. The molecule has 0 aliphatic rings. The largest absolute Gasteiger partial charge is 0.348 e. The Morgan fingerprint density at radius 2 is 2.05 bits per heavy atom. The summed E-state index contributed by atoms with van der Waals surface area (Å²) in [6, 6.07) is -0.0514. The molecule has 0 aromatic carbocycles. The minimum Gasteiger partial charge on any atom is -0.348 e. The summed E-state index contributed by atoms with van der Waals surface area (Å²) in [4.78, 5) is 17.7. The molecule has 0 fully saturated rings. The van der Waals surface area contributed by atoms with Gasteiger partial charge in [0.05, 0.1) is 22.4 Å². The summed E-state index contributed by atoms with van der Waals surface area (Å²) < 4.78 is 0. The molecule has 114 valence electrons. The molecule has 2 N–H and O–H groups in total. The molecule has 0 saturated heterocycles. The first-order valence-electron chi connectivity index (χ1n) is 7.12. The van der Waals surface area contributed by atoms with Crippen molar-refractivity contribution in [3.05, 3.63) is 32.5 Å². The Morgan fingerprint density at radius 1 is 1.33 bits per heavy atom. The van der Waals surface area contributed by atoms with Gasteiger partial charge in [0.25, 0.3) is 0 Å². The highest BCUT2D eigenvalue weighted by Gasteiger charge is 2.16. The van der Waals surface area contributed by atoms with Gasteiger partial charge < -0.3 is 5.32 Å². The smallest absolute Gasteiger partial charge is 0.220 e. The van der Waals surface area contributed by atoms with Gasteiger partial charge >= 0.3 is 0 Å². The monoisotopic (exact) mass is 306 g/mol. The van der Waals surface area contributed by atoms with Crippen molar-refractivity contribution in [2.24, 2.45) is 0 Å². The summed E-state index contributed by atoms with van der Waals surface area (Å²) in [5.41, 5.74) is 4.14. The van der Waals surface area contributed by atoms with Crippen LogP contribution < -0.4 is 5.32 Å². The third kappa shape index (κ3) is 3.69. The Labute approximate surface area is 129 Å². The number of nitrogens with zero attached hydrogens (tertiary/aromatic N) is 2. The number of rotatable bonds is 5. The van der Waals surface area contributed by atoms with Crippen molar-refractivity contribution in [1.82, 2.24) is 20.5 Å². The van der Waals surface area contributed by atoms with Crippen molar-refractivity contribution in [3.63, 3.8) is 0 Å². The molecule has 2 aromatic heterocycles. The van der Waals surface area contributed by atoms with Gasteiger partial charge in [0.1, 0.15) is 0 Å². The van der Waals surface area contributed by atoms with E-state index < -0.39 is 0 Å². The van der Waals surface area contributed by atoms with Gasteiger partial charge in [0.15, 0.2) is 0 Å². The van der Waals surface area contributed by atoms with E-state index in [1.54, 1.807) is 11.3 Å². The molecule has 1 atom stereocenters. The Balaban J connectivity index is 1.90. The number of hydrogen-bond donors (Lipinski definition) is 2. The van der Waals surface area contributed by atoms with E-state index in [0.717, 1.165) is 27.7 Å². The SMILES string of the molecule is Cc1nc([C@H](C)NC(=O)CCc2n[nH]c(C)c2C)c(C)s1. The fourth-order valence-corrected chi connectivity index (χ4v) is 3.25. The lowest BCUT2D eigenvalue weighted by Gasteiger charge is -2.12. The van der Waals surface area contributed by atoms with Crippen LogP contribution in [-0.4, -0.2) is 21.1 Å². The van der Waals surface area contributed by atoms with Crippen LogP contribution in [0.2, 0.25) is 0 Å². The second-order valence-corrected chi connectivity index (χ2v) is 6.79. The fraction of sp³-hybridized carbons (Fsp3) is 0.533. The van der Waals surface area contributed by atoms with Crippen LogP contribution in [0.1, 0.15) is 51.9 Å². The Kier molecular flexibility index (Phi) is 4.77. The predicted octanol–water partition coefficient (Wildman–Crippen LogP) is 2.91. The van der Waals surface area contributed by atoms with E-state index in [2.05, 4.69) is 20.5 Å². The Hall–Kier alpha value is -1.69. The molecule has 1 amide bonds. The molecule has 2 rings (SSSR count). The van der Waals surface area contributed by atoms with Gasteiger partial charge in [-0.1, -0.05) is 0 Å². The lowest BCUT2D eigenvalue weighted by molar-refractivity contribution is -0.121. The first-order valence-corrected chi connectivity index (χ1v) is 7.94. The topological polar surface area (TPSA) is 70.7 Å². The standard InChI is InChI=1S/C15H22N4OS/c1-8-9(2)18-19-13(8)6-7-14(20)16-10(3)15-11(4)21-12(5)17-15/h10H,6-7H2,1-5H3,(H,16,20)(H,18,19)/t10-/m0/s1. The molecule has 5 nitrogen and oxygen atoms in total. The summed E-state index contributed by atoms with van der Waals surface area (Å²) in [5, 5.41) is 11.2. The molecule has 0 saturated carbocycles. The number of aromatic amines is 1. The predicted molar refractivity (Wildman–Crippen MR) is 84.5 cm³/mol. The van der Waals surface area contributed by atoms with Crippen LogP contribution in [0.5, 0.6) is 0 Å². The van der Waals surface area contributed by atoms with Crippen LogP contribution >= 0.6 is 11.3 Å². The number of H-pyrrole nitrogens is 1. The van der Waals surface area contributed by atoms with Gasteiger partial charge in [-0.15, -0.1) is 11.3 Å². The zero-order chi connectivity index (χ0) is 15.6. The third-order valence-corrected chi connectivity index (χ3v) is 4.57. The number of nitrogens with one attached hydrogen (secondary N) is 2. The molecular formula is C15H22N4OS. The summed E-state index contributed by atoms with van der Waals surface area (Å²) in [7, 11) is 0. The number of aryl methyl sites for hydroxylation is 4. The normalized spacial score (nSPS) is 12.4. The van der Waals surface area contributed by atoms with E-state index in [9.17, 15) is 4.79 Å². The maximum atomic E-state index is 12.1. The van der Waals surface area contributed by atoms with Crippen LogP contribution in [0.4, 0.5) is 0 Å². The second kappa shape index (κ2) is 6.39. The molecule has 6 heteroatoms. The zero-order valence-electron chi connectivity index (χ0n) is 13.2. The van der Waals surface area contributed by atoms with Crippen LogP contribution in [-0.2, 0) is 11.2 Å². The number of amides is 1. The number of carbonyl (C=O) groups is 1. The van der Waals surface area contributed by atoms with Crippen LogP contribution in [0.15, 0.2) is 0 Å². The molecule has 21 heavy (non-hydrogen) atoms. The van der Waals surface area contributed by atoms with Gasteiger partial charge in [0, 0.05) is 23.4 Å². The van der Waals surface area contributed by atoms with E-state index in [0.29, 0.717) is 12.8 Å². The van der Waals surface area contributed by atoms with Crippen LogP contribution in [0.3, 0.4) is 0 Å². The second-order valence-electron chi connectivity index (χ2n) is 5.38. The average molecular weight is 306 g/mol. The summed E-state index contributed by atoms with van der Waals surface area (Å²) in [6.07, 6.45) is 1.10. The number of aromatic nitrogens is 3. The molecule has 0 spiro atoms. The molecule has 2 aromatic rings. The van der Waals surface area contributed by atoms with E-state index in [1.165, 1.54) is 4.88 Å². The van der Waals surface area contributed by atoms with Crippen molar-refractivity contribution >= 4 is 17.2 Å². The highest BCUT2D eigenvalue weighted by atomic mass is 32.1. The quantitative estimate of drug-likeness (QED) is 0.892. The summed E-state index contributed by atoms with van der Waals surface area (Å²) in [5.74, 6) is 0.0348. The van der Waals surface area contributed by atoms with Crippen molar-refractivity contribution in [1.29, 1.82) is 0 Å². The maximum absolute atomic E-state index is 12.1. The van der Waals surface area contributed by atoms with E-state index in [-0.39, 0.29) is 11.9 Å². The van der Waals surface area contributed by atoms with Crippen molar-refractivity contribution in [2.75, 3.05) is 0 Å². The van der Waals surface area contributed by atoms with E-state index in [1.807, 2.05) is 34.6 Å². The summed E-state index contributed by atoms with van der Waals surface area (Å²) >= 11 is 1.66. The molecule has 2 heterocycles. The van der Waals surface area contributed by atoms with Gasteiger partial charge in [-0.3, -0.25) is 9.89 Å². The first kappa shape index (κ1) is 15.7. The molecular weight excluding hydrogens is 284 g/mol. The highest BCUT2D eigenvalue weighted by molar-refractivity contribution is 7.11. The van der Waals surface area contributed by atoms with Crippen LogP contribution in [0.25, 0.3) is 0 Å². The van der Waals surface area contributed by atoms with Gasteiger partial charge in [-0.2, -0.15) is 5.10 Å². The molecule has 0 bridgehead atoms.